The van der Waals surface area contributed by atoms with Gasteiger partial charge in [0.1, 0.15) is 0 Å². The van der Waals surface area contributed by atoms with Crippen LogP contribution in [0.3, 0.4) is 0 Å². The summed E-state index contributed by atoms with van der Waals surface area (Å²) in [4.78, 5) is 0. The fraction of sp³-hybridized carbons (Fsp3) is 1.00. The Morgan fingerprint density at radius 3 is 2.17 bits per heavy atom. The summed E-state index contributed by atoms with van der Waals surface area (Å²) in [6, 6.07) is 0. The molecule has 0 spiro atoms. The largest absolute Gasteiger partial charge is 0.270 e. The molecule has 0 heterocycles. The summed E-state index contributed by atoms with van der Waals surface area (Å²) >= 11 is 0. The summed E-state index contributed by atoms with van der Waals surface area (Å²) < 4.78 is 26.8. The molecule has 0 bridgehead atoms. The van der Waals surface area contributed by atoms with Crippen molar-refractivity contribution in [2.45, 2.75) is 39.5 Å². The monoisotopic (exact) mass is 194 g/mol. The van der Waals surface area contributed by atoms with Crippen LogP contribution in [0.2, 0.25) is 0 Å². The van der Waals surface area contributed by atoms with Gasteiger partial charge in [0.05, 0.1) is 12.4 Å². The van der Waals surface area contributed by atoms with E-state index in [-0.39, 0.29) is 5.75 Å². The molecule has 0 aliphatic carbocycles. The fourth-order valence-electron chi connectivity index (χ4n) is 0.710. The molecule has 74 valence electrons. The van der Waals surface area contributed by atoms with Crippen LogP contribution in [0.4, 0.5) is 0 Å². The molecule has 0 saturated heterocycles. The van der Waals surface area contributed by atoms with Crippen molar-refractivity contribution in [3.05, 3.63) is 0 Å². The van der Waals surface area contributed by atoms with E-state index in [1.165, 1.54) is 0 Å². The number of hydrogen-bond donors (Lipinski definition) is 0. The van der Waals surface area contributed by atoms with Gasteiger partial charge in [0, 0.05) is 0 Å². The van der Waals surface area contributed by atoms with Gasteiger partial charge in [-0.1, -0.05) is 26.7 Å². The van der Waals surface area contributed by atoms with E-state index in [4.69, 9.17) is 4.18 Å². The van der Waals surface area contributed by atoms with Crippen LogP contribution in [0.15, 0.2) is 0 Å². The van der Waals surface area contributed by atoms with Crippen LogP contribution >= 0.6 is 0 Å². The van der Waals surface area contributed by atoms with E-state index in [0.717, 1.165) is 19.3 Å². The predicted octanol–water partition coefficient (Wildman–Crippen LogP) is 1.93. The molecular formula is C8H18O3S. The Hall–Kier alpha value is -0.0900. The Balaban J connectivity index is 3.58. The lowest BCUT2D eigenvalue weighted by molar-refractivity contribution is 0.310. The van der Waals surface area contributed by atoms with Gasteiger partial charge < -0.3 is 0 Å². The Bertz CT molecular complexity index is 184. The second kappa shape index (κ2) is 6.43. The van der Waals surface area contributed by atoms with Gasteiger partial charge >= 0.3 is 0 Å². The normalized spacial score (nSPS) is 11.8. The van der Waals surface area contributed by atoms with Crippen molar-refractivity contribution < 1.29 is 12.6 Å². The summed E-state index contributed by atoms with van der Waals surface area (Å²) in [7, 11) is -3.22. The molecule has 0 N–H and O–H groups in total. The second-order valence-corrected chi connectivity index (χ2v) is 4.55. The summed E-state index contributed by atoms with van der Waals surface area (Å²) in [6.45, 7) is 4.30. The lowest BCUT2D eigenvalue weighted by Gasteiger charge is -2.02. The number of hydrogen-bond acceptors (Lipinski definition) is 3. The first-order valence-electron chi connectivity index (χ1n) is 4.49. The van der Waals surface area contributed by atoms with Crippen LogP contribution in [0.1, 0.15) is 39.5 Å². The van der Waals surface area contributed by atoms with Gasteiger partial charge in [-0.2, -0.15) is 8.42 Å². The van der Waals surface area contributed by atoms with Crippen molar-refractivity contribution >= 4 is 10.1 Å². The molecule has 0 saturated carbocycles. The lowest BCUT2D eigenvalue weighted by Crippen LogP contribution is -2.11. The van der Waals surface area contributed by atoms with Crippen LogP contribution in [-0.2, 0) is 14.3 Å². The zero-order valence-corrected chi connectivity index (χ0v) is 8.69. The van der Waals surface area contributed by atoms with Crippen molar-refractivity contribution in [2.24, 2.45) is 0 Å². The minimum absolute atomic E-state index is 0.160. The van der Waals surface area contributed by atoms with E-state index in [2.05, 4.69) is 0 Å². The van der Waals surface area contributed by atoms with E-state index in [1.54, 1.807) is 0 Å². The third-order valence-electron chi connectivity index (χ3n) is 1.51. The molecular weight excluding hydrogens is 176 g/mol. The molecule has 0 aromatic rings. The quantitative estimate of drug-likeness (QED) is 0.459. The third kappa shape index (κ3) is 6.61. The maximum absolute atomic E-state index is 11.0. The minimum Gasteiger partial charge on any atom is -0.270 e. The van der Waals surface area contributed by atoms with Crippen molar-refractivity contribution in [2.75, 3.05) is 12.4 Å². The Labute approximate surface area is 75.2 Å². The van der Waals surface area contributed by atoms with E-state index in [1.807, 2.05) is 13.8 Å². The summed E-state index contributed by atoms with van der Waals surface area (Å²) in [5, 5.41) is 0. The average molecular weight is 194 g/mol. The standard InChI is InChI=1S/C8H18O3S/c1-3-5-7-11-12(9,10)8-6-4-2/h3-8H2,1-2H3. The molecule has 0 amide bonds. The van der Waals surface area contributed by atoms with Gasteiger partial charge in [0.2, 0.25) is 0 Å². The molecule has 0 atom stereocenters. The highest BCUT2D eigenvalue weighted by atomic mass is 32.2. The van der Waals surface area contributed by atoms with Crippen LogP contribution in [0.25, 0.3) is 0 Å². The molecule has 4 heteroatoms. The van der Waals surface area contributed by atoms with Crippen molar-refractivity contribution in [3.63, 3.8) is 0 Å². The SMILES string of the molecule is CCCCOS(=O)(=O)CCCC. The first-order chi connectivity index (χ1) is 5.62. The molecule has 0 unspecified atom stereocenters. The Morgan fingerprint density at radius 1 is 1.08 bits per heavy atom. The van der Waals surface area contributed by atoms with E-state index >= 15 is 0 Å². The van der Waals surface area contributed by atoms with E-state index in [0.29, 0.717) is 13.0 Å². The van der Waals surface area contributed by atoms with Crippen molar-refractivity contribution in [1.82, 2.24) is 0 Å². The number of rotatable bonds is 7. The molecule has 0 radical (unpaired) electrons. The van der Waals surface area contributed by atoms with Gasteiger partial charge in [-0.25, -0.2) is 0 Å². The van der Waals surface area contributed by atoms with Crippen LogP contribution in [-0.4, -0.2) is 20.8 Å². The molecule has 0 aliphatic heterocycles. The second-order valence-electron chi connectivity index (χ2n) is 2.79. The molecule has 0 fully saturated rings. The van der Waals surface area contributed by atoms with Gasteiger partial charge in [0.25, 0.3) is 10.1 Å². The predicted molar refractivity (Wildman–Crippen MR) is 49.6 cm³/mol. The fourth-order valence-corrected chi connectivity index (χ4v) is 1.84. The topological polar surface area (TPSA) is 43.4 Å². The molecule has 0 aromatic heterocycles. The summed E-state index contributed by atoms with van der Waals surface area (Å²) in [5.41, 5.74) is 0. The van der Waals surface area contributed by atoms with Gasteiger partial charge in [-0.15, -0.1) is 0 Å². The smallest absolute Gasteiger partial charge is 0.267 e. The van der Waals surface area contributed by atoms with Crippen LogP contribution in [0, 0.1) is 0 Å². The van der Waals surface area contributed by atoms with Crippen LogP contribution in [0.5, 0.6) is 0 Å². The van der Waals surface area contributed by atoms with Crippen molar-refractivity contribution in [1.29, 1.82) is 0 Å². The molecule has 0 aliphatic rings. The molecule has 12 heavy (non-hydrogen) atoms. The zero-order chi connectivity index (χ0) is 9.45. The summed E-state index contributed by atoms with van der Waals surface area (Å²) in [6.07, 6.45) is 3.35. The maximum Gasteiger partial charge on any atom is 0.267 e. The highest BCUT2D eigenvalue weighted by molar-refractivity contribution is 7.86. The van der Waals surface area contributed by atoms with Gasteiger partial charge in [0.15, 0.2) is 0 Å². The highest BCUT2D eigenvalue weighted by Gasteiger charge is 2.08. The molecule has 0 rings (SSSR count). The lowest BCUT2D eigenvalue weighted by atomic mass is 10.4. The molecule has 3 nitrogen and oxygen atoms in total. The maximum atomic E-state index is 11.0. The van der Waals surface area contributed by atoms with E-state index in [9.17, 15) is 8.42 Å². The zero-order valence-electron chi connectivity index (χ0n) is 7.88. The number of unbranched alkanes of at least 4 members (excludes halogenated alkanes) is 2. The first kappa shape index (κ1) is 11.9. The van der Waals surface area contributed by atoms with E-state index < -0.39 is 10.1 Å². The highest BCUT2D eigenvalue weighted by Crippen LogP contribution is 2.00. The van der Waals surface area contributed by atoms with Gasteiger partial charge in [-0.3, -0.25) is 4.18 Å². The Morgan fingerprint density at radius 2 is 1.67 bits per heavy atom. The van der Waals surface area contributed by atoms with Crippen molar-refractivity contribution in [3.8, 4) is 0 Å². The first-order valence-corrected chi connectivity index (χ1v) is 6.07. The van der Waals surface area contributed by atoms with Crippen LogP contribution < -0.4 is 0 Å². The third-order valence-corrected chi connectivity index (χ3v) is 2.82. The minimum atomic E-state index is -3.22. The Kier molecular flexibility index (Phi) is 6.38. The average Bonchev–Trinajstić information content (AvgIpc) is 2.01. The van der Waals surface area contributed by atoms with Gasteiger partial charge in [-0.05, 0) is 12.8 Å². The summed E-state index contributed by atoms with van der Waals surface area (Å²) in [5.74, 6) is 0.160. The molecule has 0 aromatic carbocycles.